The van der Waals surface area contributed by atoms with E-state index >= 15 is 0 Å². The quantitative estimate of drug-likeness (QED) is 0.583. The van der Waals surface area contributed by atoms with Crippen LogP contribution in [0.25, 0.3) is 0 Å². The topological polar surface area (TPSA) is 66.8 Å². The molecule has 0 aliphatic rings. The Kier molecular flexibility index (Phi) is 4.85. The van der Waals surface area contributed by atoms with Gasteiger partial charge in [0.05, 0.1) is 6.61 Å². The van der Waals surface area contributed by atoms with E-state index in [-0.39, 0.29) is 13.2 Å². The number of hydrogen-bond acceptors (Lipinski definition) is 3. The van der Waals surface area contributed by atoms with Crippen LogP contribution in [0.1, 0.15) is 26.7 Å². The summed E-state index contributed by atoms with van der Waals surface area (Å²) >= 11 is 0. The van der Waals surface area contributed by atoms with Crippen LogP contribution in [0.4, 0.5) is 0 Å². The van der Waals surface area contributed by atoms with Crippen molar-refractivity contribution in [3.05, 3.63) is 0 Å². The predicted octanol–water partition coefficient (Wildman–Crippen LogP) is 0.639. The van der Waals surface area contributed by atoms with Crippen LogP contribution in [0.15, 0.2) is 0 Å². The molecule has 12 heavy (non-hydrogen) atoms. The second-order valence-electron chi connectivity index (χ2n) is 2.82. The van der Waals surface area contributed by atoms with Crippen LogP contribution in [0.3, 0.4) is 0 Å². The summed E-state index contributed by atoms with van der Waals surface area (Å²) in [7, 11) is 0. The van der Waals surface area contributed by atoms with Crippen LogP contribution in [-0.4, -0.2) is 35.0 Å². The first-order valence-electron chi connectivity index (χ1n) is 4.05. The van der Waals surface area contributed by atoms with Gasteiger partial charge in [0.1, 0.15) is 0 Å². The molecular weight excluding hydrogens is 160 g/mol. The molecule has 0 aromatic heterocycles. The zero-order chi connectivity index (χ0) is 9.61. The standard InChI is InChI=1S/C8H16O4/c1-3-8(2,7(10)11)12-6-4-5-9/h9H,3-6H2,1-2H3,(H,10,11). The number of aliphatic carboxylic acids is 1. The van der Waals surface area contributed by atoms with Gasteiger partial charge in [-0.2, -0.15) is 0 Å². The first-order chi connectivity index (χ1) is 5.56. The molecule has 4 nitrogen and oxygen atoms in total. The van der Waals surface area contributed by atoms with Crippen molar-refractivity contribution < 1.29 is 19.7 Å². The fraction of sp³-hybridized carbons (Fsp3) is 0.875. The van der Waals surface area contributed by atoms with E-state index in [0.717, 1.165) is 0 Å². The third kappa shape index (κ3) is 3.19. The van der Waals surface area contributed by atoms with E-state index in [2.05, 4.69) is 0 Å². The molecule has 0 radical (unpaired) electrons. The number of aliphatic hydroxyl groups excluding tert-OH is 1. The molecule has 0 aromatic carbocycles. The van der Waals surface area contributed by atoms with Gasteiger partial charge in [-0.1, -0.05) is 6.92 Å². The molecule has 0 amide bonds. The molecule has 1 atom stereocenters. The van der Waals surface area contributed by atoms with Gasteiger partial charge in [0.25, 0.3) is 0 Å². The van der Waals surface area contributed by atoms with Crippen LogP contribution >= 0.6 is 0 Å². The highest BCUT2D eigenvalue weighted by Gasteiger charge is 2.31. The van der Waals surface area contributed by atoms with Crippen molar-refractivity contribution in [3.8, 4) is 0 Å². The number of carboxylic acid groups (broad SMARTS) is 1. The average Bonchev–Trinajstić information content (AvgIpc) is 2.04. The highest BCUT2D eigenvalue weighted by atomic mass is 16.5. The van der Waals surface area contributed by atoms with E-state index in [0.29, 0.717) is 12.8 Å². The molecule has 0 fully saturated rings. The fourth-order valence-corrected chi connectivity index (χ4v) is 0.677. The largest absolute Gasteiger partial charge is 0.479 e. The summed E-state index contributed by atoms with van der Waals surface area (Å²) in [6.45, 7) is 3.60. The van der Waals surface area contributed by atoms with E-state index in [1.165, 1.54) is 6.92 Å². The summed E-state index contributed by atoms with van der Waals surface area (Å²) in [5, 5.41) is 17.2. The maximum atomic E-state index is 10.7. The predicted molar refractivity (Wildman–Crippen MR) is 44.0 cm³/mol. The molecule has 0 bridgehead atoms. The molecule has 0 saturated heterocycles. The maximum Gasteiger partial charge on any atom is 0.335 e. The van der Waals surface area contributed by atoms with E-state index in [1.54, 1.807) is 6.92 Å². The van der Waals surface area contributed by atoms with Gasteiger partial charge < -0.3 is 14.9 Å². The summed E-state index contributed by atoms with van der Waals surface area (Å²) in [5.41, 5.74) is -1.10. The van der Waals surface area contributed by atoms with Crippen LogP contribution in [0.5, 0.6) is 0 Å². The molecule has 0 rings (SSSR count). The maximum absolute atomic E-state index is 10.7. The molecule has 0 spiro atoms. The number of rotatable bonds is 6. The van der Waals surface area contributed by atoms with Gasteiger partial charge in [-0.15, -0.1) is 0 Å². The smallest absolute Gasteiger partial charge is 0.335 e. The van der Waals surface area contributed by atoms with Crippen molar-refractivity contribution in [2.75, 3.05) is 13.2 Å². The Morgan fingerprint density at radius 3 is 2.50 bits per heavy atom. The Labute approximate surface area is 72.2 Å². The van der Waals surface area contributed by atoms with Crippen LogP contribution in [-0.2, 0) is 9.53 Å². The Hall–Kier alpha value is -0.610. The molecule has 1 unspecified atom stereocenters. The van der Waals surface area contributed by atoms with Gasteiger partial charge in [-0.3, -0.25) is 0 Å². The second kappa shape index (κ2) is 5.11. The summed E-state index contributed by atoms with van der Waals surface area (Å²) in [6.07, 6.45) is 0.899. The Balaban J connectivity index is 3.88. The van der Waals surface area contributed by atoms with Crippen molar-refractivity contribution in [1.29, 1.82) is 0 Å². The second-order valence-corrected chi connectivity index (χ2v) is 2.82. The molecule has 4 heteroatoms. The Morgan fingerprint density at radius 1 is 1.58 bits per heavy atom. The number of hydrogen-bond donors (Lipinski definition) is 2. The molecular formula is C8H16O4. The molecule has 2 N–H and O–H groups in total. The minimum Gasteiger partial charge on any atom is -0.479 e. The highest BCUT2D eigenvalue weighted by Crippen LogP contribution is 2.15. The minimum atomic E-state index is -1.10. The van der Waals surface area contributed by atoms with Gasteiger partial charge in [-0.25, -0.2) is 4.79 Å². The molecule has 0 aliphatic carbocycles. The number of carboxylic acids is 1. The lowest BCUT2D eigenvalue weighted by Gasteiger charge is -2.23. The zero-order valence-electron chi connectivity index (χ0n) is 7.54. The lowest BCUT2D eigenvalue weighted by molar-refractivity contribution is -0.164. The zero-order valence-corrected chi connectivity index (χ0v) is 7.54. The third-order valence-corrected chi connectivity index (χ3v) is 1.85. The first-order valence-corrected chi connectivity index (χ1v) is 4.05. The summed E-state index contributed by atoms with van der Waals surface area (Å²) in [4.78, 5) is 10.7. The Morgan fingerprint density at radius 2 is 2.17 bits per heavy atom. The number of carbonyl (C=O) groups is 1. The lowest BCUT2D eigenvalue weighted by atomic mass is 10.0. The van der Waals surface area contributed by atoms with Crippen LogP contribution in [0, 0.1) is 0 Å². The summed E-state index contributed by atoms with van der Waals surface area (Å²) < 4.78 is 5.12. The van der Waals surface area contributed by atoms with Gasteiger partial charge in [-0.05, 0) is 19.8 Å². The molecule has 72 valence electrons. The lowest BCUT2D eigenvalue weighted by Crippen LogP contribution is -2.38. The Bertz CT molecular complexity index is 146. The number of ether oxygens (including phenoxy) is 1. The van der Waals surface area contributed by atoms with E-state index in [4.69, 9.17) is 14.9 Å². The molecule has 0 heterocycles. The first kappa shape index (κ1) is 11.4. The summed E-state index contributed by atoms with van der Waals surface area (Å²) in [6, 6.07) is 0. The van der Waals surface area contributed by atoms with E-state index in [9.17, 15) is 4.79 Å². The van der Waals surface area contributed by atoms with E-state index < -0.39 is 11.6 Å². The van der Waals surface area contributed by atoms with Gasteiger partial charge in [0, 0.05) is 6.61 Å². The normalized spacial score (nSPS) is 15.6. The van der Waals surface area contributed by atoms with Gasteiger partial charge >= 0.3 is 5.97 Å². The molecule has 0 aromatic rings. The minimum absolute atomic E-state index is 0.0272. The van der Waals surface area contributed by atoms with Crippen LogP contribution in [0.2, 0.25) is 0 Å². The van der Waals surface area contributed by atoms with Crippen molar-refractivity contribution in [2.24, 2.45) is 0 Å². The van der Waals surface area contributed by atoms with Crippen molar-refractivity contribution in [3.63, 3.8) is 0 Å². The third-order valence-electron chi connectivity index (χ3n) is 1.85. The highest BCUT2D eigenvalue weighted by molar-refractivity contribution is 5.76. The number of aliphatic hydroxyl groups is 1. The molecule has 0 aliphatic heterocycles. The van der Waals surface area contributed by atoms with Gasteiger partial charge in [0.15, 0.2) is 5.60 Å². The van der Waals surface area contributed by atoms with Crippen molar-refractivity contribution in [1.82, 2.24) is 0 Å². The van der Waals surface area contributed by atoms with Crippen molar-refractivity contribution >= 4 is 5.97 Å². The fourth-order valence-electron chi connectivity index (χ4n) is 0.677. The monoisotopic (exact) mass is 176 g/mol. The van der Waals surface area contributed by atoms with Crippen LogP contribution < -0.4 is 0 Å². The average molecular weight is 176 g/mol. The molecule has 0 saturated carbocycles. The van der Waals surface area contributed by atoms with Crippen molar-refractivity contribution in [2.45, 2.75) is 32.3 Å². The van der Waals surface area contributed by atoms with E-state index in [1.807, 2.05) is 0 Å². The SMILES string of the molecule is CCC(C)(OCCCO)C(=O)O. The van der Waals surface area contributed by atoms with Gasteiger partial charge in [0.2, 0.25) is 0 Å². The summed E-state index contributed by atoms with van der Waals surface area (Å²) in [5.74, 6) is -0.956.